The predicted molar refractivity (Wildman–Crippen MR) is 53.7 cm³/mol. The third-order valence-electron chi connectivity index (χ3n) is 2.29. The number of hydrogen-bond donors (Lipinski definition) is 1. The summed E-state index contributed by atoms with van der Waals surface area (Å²) in [7, 11) is 0. The fourth-order valence-corrected chi connectivity index (χ4v) is 2.56. The molecule has 1 aliphatic heterocycles. The maximum atomic E-state index is 5.45. The quantitative estimate of drug-likeness (QED) is 0.796. The van der Waals surface area contributed by atoms with Gasteiger partial charge < -0.3 is 10.3 Å². The first-order chi connectivity index (χ1) is 6.42. The molecule has 0 aliphatic carbocycles. The van der Waals surface area contributed by atoms with Crippen molar-refractivity contribution in [2.24, 2.45) is 5.73 Å². The molecule has 0 saturated heterocycles. The average molecular weight is 198 g/mol. The van der Waals surface area contributed by atoms with Gasteiger partial charge in [0, 0.05) is 24.2 Å². The van der Waals surface area contributed by atoms with Crippen molar-refractivity contribution in [1.29, 1.82) is 0 Å². The minimum atomic E-state index is 0.725. The van der Waals surface area contributed by atoms with E-state index in [1.165, 1.54) is 17.0 Å². The Morgan fingerprint density at radius 1 is 1.54 bits per heavy atom. The fourth-order valence-electron chi connectivity index (χ4n) is 1.54. The Hall–Kier alpha value is -0.480. The Morgan fingerprint density at radius 2 is 2.46 bits per heavy atom. The van der Waals surface area contributed by atoms with Gasteiger partial charge in [-0.15, -0.1) is 0 Å². The highest BCUT2D eigenvalue weighted by Gasteiger charge is 2.18. The van der Waals surface area contributed by atoms with Crippen LogP contribution in [0.1, 0.15) is 23.4 Å². The molecule has 0 saturated carbocycles. The molecule has 0 unspecified atom stereocenters. The lowest BCUT2D eigenvalue weighted by Crippen LogP contribution is -2.04. The highest BCUT2D eigenvalue weighted by atomic mass is 32.2. The number of aromatic nitrogens is 1. The molecule has 1 aliphatic rings. The zero-order valence-electron chi connectivity index (χ0n) is 7.58. The zero-order chi connectivity index (χ0) is 9.10. The van der Waals surface area contributed by atoms with Gasteiger partial charge in [-0.3, -0.25) is 0 Å². The summed E-state index contributed by atoms with van der Waals surface area (Å²) in [5.41, 5.74) is 7.96. The zero-order valence-corrected chi connectivity index (χ0v) is 8.40. The minimum absolute atomic E-state index is 0.725. The van der Waals surface area contributed by atoms with Crippen LogP contribution in [0.4, 0.5) is 0 Å². The van der Waals surface area contributed by atoms with Gasteiger partial charge in [-0.2, -0.15) is 11.8 Å². The Morgan fingerprint density at radius 3 is 3.31 bits per heavy atom. The second-order valence-corrected chi connectivity index (χ2v) is 4.33. The number of fused-ring (bicyclic) bond motifs is 1. The third kappa shape index (κ3) is 1.89. The molecule has 0 amide bonds. The van der Waals surface area contributed by atoms with Crippen LogP contribution in [0.3, 0.4) is 0 Å². The maximum absolute atomic E-state index is 5.45. The van der Waals surface area contributed by atoms with E-state index in [-0.39, 0.29) is 0 Å². The van der Waals surface area contributed by atoms with Crippen molar-refractivity contribution in [2.75, 3.05) is 12.3 Å². The van der Waals surface area contributed by atoms with Crippen molar-refractivity contribution in [3.05, 3.63) is 17.0 Å². The number of hydrogen-bond acceptors (Lipinski definition) is 4. The molecular weight excluding hydrogens is 184 g/mol. The van der Waals surface area contributed by atoms with E-state index in [1.807, 2.05) is 11.8 Å². The van der Waals surface area contributed by atoms with Gasteiger partial charge in [0.25, 0.3) is 0 Å². The lowest BCUT2D eigenvalue weighted by atomic mass is 10.1. The van der Waals surface area contributed by atoms with E-state index in [2.05, 4.69) is 5.16 Å². The summed E-state index contributed by atoms with van der Waals surface area (Å²) in [5.74, 6) is 3.31. The molecular formula is C9H14N2OS. The van der Waals surface area contributed by atoms with Crippen LogP contribution in [-0.2, 0) is 18.6 Å². The first-order valence-corrected chi connectivity index (χ1v) is 5.81. The van der Waals surface area contributed by atoms with Gasteiger partial charge in [-0.1, -0.05) is 5.16 Å². The summed E-state index contributed by atoms with van der Waals surface area (Å²) in [4.78, 5) is 0. The van der Waals surface area contributed by atoms with Gasteiger partial charge in [0.05, 0.1) is 5.69 Å². The van der Waals surface area contributed by atoms with Gasteiger partial charge in [-0.25, -0.2) is 0 Å². The van der Waals surface area contributed by atoms with Gasteiger partial charge >= 0.3 is 0 Å². The van der Waals surface area contributed by atoms with Crippen LogP contribution in [-0.4, -0.2) is 17.5 Å². The molecule has 2 N–H and O–H groups in total. The SMILES string of the molecule is NCCCc1onc2c1CSCC2. The van der Waals surface area contributed by atoms with E-state index in [0.717, 1.165) is 37.3 Å². The van der Waals surface area contributed by atoms with Gasteiger partial charge in [0.15, 0.2) is 0 Å². The van der Waals surface area contributed by atoms with Crippen LogP contribution >= 0.6 is 11.8 Å². The van der Waals surface area contributed by atoms with Crippen LogP contribution in [0.25, 0.3) is 0 Å². The average Bonchev–Trinajstić information content (AvgIpc) is 2.58. The highest BCUT2D eigenvalue weighted by molar-refractivity contribution is 7.98. The van der Waals surface area contributed by atoms with Crippen LogP contribution in [0.5, 0.6) is 0 Å². The van der Waals surface area contributed by atoms with Crippen LogP contribution in [0.2, 0.25) is 0 Å². The molecule has 1 aromatic rings. The first-order valence-electron chi connectivity index (χ1n) is 4.66. The van der Waals surface area contributed by atoms with Crippen LogP contribution < -0.4 is 5.73 Å². The van der Waals surface area contributed by atoms with Gasteiger partial charge in [0.2, 0.25) is 0 Å². The van der Waals surface area contributed by atoms with Crippen molar-refractivity contribution in [2.45, 2.75) is 25.0 Å². The Bertz CT molecular complexity index is 285. The summed E-state index contributed by atoms with van der Waals surface area (Å²) in [6.45, 7) is 0.725. The Labute approximate surface area is 82.0 Å². The molecule has 3 nitrogen and oxygen atoms in total. The smallest absolute Gasteiger partial charge is 0.141 e. The monoisotopic (exact) mass is 198 g/mol. The fraction of sp³-hybridized carbons (Fsp3) is 0.667. The second kappa shape index (κ2) is 4.15. The largest absolute Gasteiger partial charge is 0.361 e. The lowest BCUT2D eigenvalue weighted by Gasteiger charge is -2.08. The van der Waals surface area contributed by atoms with Gasteiger partial charge in [0.1, 0.15) is 5.76 Å². The molecule has 4 heteroatoms. The van der Waals surface area contributed by atoms with E-state index in [9.17, 15) is 0 Å². The highest BCUT2D eigenvalue weighted by Crippen LogP contribution is 2.27. The molecule has 2 rings (SSSR count). The minimum Gasteiger partial charge on any atom is -0.361 e. The van der Waals surface area contributed by atoms with Gasteiger partial charge in [-0.05, 0) is 18.7 Å². The van der Waals surface area contributed by atoms with E-state index >= 15 is 0 Å². The molecule has 0 spiro atoms. The number of rotatable bonds is 3. The molecule has 0 aromatic carbocycles. The molecule has 13 heavy (non-hydrogen) atoms. The number of nitrogens with zero attached hydrogens (tertiary/aromatic N) is 1. The standard InChI is InChI=1S/C9H14N2OS/c10-4-1-2-9-7-6-13-5-3-8(7)11-12-9/h1-6,10H2. The van der Waals surface area contributed by atoms with E-state index in [0.29, 0.717) is 0 Å². The molecule has 2 heterocycles. The van der Waals surface area contributed by atoms with Crippen molar-refractivity contribution < 1.29 is 4.52 Å². The van der Waals surface area contributed by atoms with E-state index in [4.69, 9.17) is 10.3 Å². The second-order valence-electron chi connectivity index (χ2n) is 3.23. The predicted octanol–water partition coefficient (Wildman–Crippen LogP) is 1.36. The van der Waals surface area contributed by atoms with Crippen LogP contribution in [0, 0.1) is 0 Å². The summed E-state index contributed by atoms with van der Waals surface area (Å²) < 4.78 is 5.30. The Kier molecular flexibility index (Phi) is 2.90. The summed E-state index contributed by atoms with van der Waals surface area (Å²) in [6, 6.07) is 0. The van der Waals surface area contributed by atoms with Crippen LogP contribution in [0.15, 0.2) is 4.52 Å². The third-order valence-corrected chi connectivity index (χ3v) is 3.27. The number of thioether (sulfide) groups is 1. The van der Waals surface area contributed by atoms with Crippen molar-refractivity contribution in [3.8, 4) is 0 Å². The number of nitrogens with two attached hydrogens (primary N) is 1. The lowest BCUT2D eigenvalue weighted by molar-refractivity contribution is 0.375. The summed E-state index contributed by atoms with van der Waals surface area (Å²) in [5, 5.41) is 4.08. The first kappa shape index (κ1) is 9.09. The van der Waals surface area contributed by atoms with E-state index < -0.39 is 0 Å². The molecule has 0 fully saturated rings. The van der Waals surface area contributed by atoms with Crippen molar-refractivity contribution >= 4 is 11.8 Å². The molecule has 0 bridgehead atoms. The molecule has 0 atom stereocenters. The molecule has 72 valence electrons. The van der Waals surface area contributed by atoms with E-state index in [1.54, 1.807) is 0 Å². The topological polar surface area (TPSA) is 52.0 Å². The van der Waals surface area contributed by atoms with Crippen molar-refractivity contribution in [1.82, 2.24) is 5.16 Å². The normalized spacial score (nSPS) is 15.8. The molecule has 0 radical (unpaired) electrons. The van der Waals surface area contributed by atoms with Crippen molar-refractivity contribution in [3.63, 3.8) is 0 Å². The summed E-state index contributed by atoms with van der Waals surface area (Å²) >= 11 is 1.96. The maximum Gasteiger partial charge on any atom is 0.141 e. The summed E-state index contributed by atoms with van der Waals surface area (Å²) in [6.07, 6.45) is 3.00. The Balaban J connectivity index is 2.12. The molecule has 1 aromatic heterocycles. The number of aryl methyl sites for hydroxylation is 2.